The van der Waals surface area contributed by atoms with Crippen LogP contribution in [0.1, 0.15) is 20.9 Å². The third-order valence-corrected chi connectivity index (χ3v) is 2.97. The molecule has 3 heteroatoms. The summed E-state index contributed by atoms with van der Waals surface area (Å²) in [7, 11) is 0. The van der Waals surface area contributed by atoms with Gasteiger partial charge in [0.2, 0.25) is 5.71 Å². The zero-order chi connectivity index (χ0) is 19.8. The van der Waals surface area contributed by atoms with Crippen molar-refractivity contribution < 1.29 is 14.0 Å². The normalized spacial score (nSPS) is 20.3. The average molecular weight is 271 g/mol. The van der Waals surface area contributed by atoms with E-state index in [4.69, 9.17) is 14.0 Å². The van der Waals surface area contributed by atoms with Crippen molar-refractivity contribution in [3.63, 3.8) is 0 Å². The first-order valence-corrected chi connectivity index (χ1v) is 5.91. The lowest BCUT2D eigenvalue weighted by Gasteiger charge is -2.07. The van der Waals surface area contributed by atoms with Crippen LogP contribution in [0.5, 0.6) is 0 Å². The van der Waals surface area contributed by atoms with Gasteiger partial charge in [-0.05, 0) is 25.1 Å². The minimum atomic E-state index is -2.35. The van der Waals surface area contributed by atoms with Gasteiger partial charge in [-0.2, -0.15) is 0 Å². The Bertz CT molecular complexity index is 1050. The minimum Gasteiger partial charge on any atom is -0.437 e. The van der Waals surface area contributed by atoms with Crippen LogP contribution in [0, 0.1) is 6.85 Å². The first-order valence-electron chi connectivity index (χ1n) is 9.65. The van der Waals surface area contributed by atoms with Crippen LogP contribution in [0.25, 0.3) is 27.8 Å². The number of hydrogen-bond donors (Lipinski definition) is 1. The van der Waals surface area contributed by atoms with Crippen LogP contribution in [0.2, 0.25) is 0 Å². The molecule has 2 heterocycles. The van der Waals surface area contributed by atoms with E-state index in [1.165, 1.54) is 6.07 Å². The van der Waals surface area contributed by atoms with Crippen molar-refractivity contribution in [3.05, 3.63) is 60.8 Å². The molecule has 0 radical (unpaired) electrons. The van der Waals surface area contributed by atoms with Crippen LogP contribution in [-0.2, 0) is 0 Å². The van der Waals surface area contributed by atoms with Gasteiger partial charge in [0.15, 0.2) is 0 Å². The standard InChI is InChI=1S/C17H16N2O/c1-4-10-18-12(3)13-6-5-7-14-15-9-8-11(2)19-17(15)20-16(13)14/h4-9,18H,1,3,10H2,2H3/i1D,2D3,3D,4D,10D. The van der Waals surface area contributed by atoms with Gasteiger partial charge in [0.05, 0.1) is 5.48 Å². The highest BCUT2D eigenvalue weighted by Crippen LogP contribution is 2.31. The van der Waals surface area contributed by atoms with Gasteiger partial charge in [-0.15, -0.1) is 6.55 Å². The number of nitrogens with one attached hydrogen (secondary N) is 1. The van der Waals surface area contributed by atoms with E-state index in [9.17, 15) is 0 Å². The summed E-state index contributed by atoms with van der Waals surface area (Å²) in [6.45, 7) is -1.80. The highest BCUT2D eigenvalue weighted by Gasteiger charge is 2.12. The monoisotopic (exact) mass is 271 g/mol. The lowest BCUT2D eigenvalue weighted by atomic mass is 10.1. The molecular weight excluding hydrogens is 248 g/mol. The molecule has 0 aliphatic heterocycles. The van der Waals surface area contributed by atoms with Crippen molar-refractivity contribution >= 4 is 27.8 Å². The number of nitrogens with zero attached hydrogens (tertiary/aromatic N) is 1. The zero-order valence-corrected chi connectivity index (χ0v) is 10.5. The molecule has 0 fully saturated rings. The second-order valence-electron chi connectivity index (χ2n) is 4.20. The van der Waals surface area contributed by atoms with E-state index >= 15 is 0 Å². The molecule has 1 aromatic carbocycles. The predicted octanol–water partition coefficient (Wildman–Crippen LogP) is 4.04. The number of fused-ring (bicyclic) bond motifs is 3. The van der Waals surface area contributed by atoms with E-state index in [-0.39, 0.29) is 23.2 Å². The maximum atomic E-state index is 7.86. The number of rotatable bonds is 4. The van der Waals surface area contributed by atoms with Gasteiger partial charge in [0, 0.05) is 38.4 Å². The molecular formula is C17H16N2O. The summed E-state index contributed by atoms with van der Waals surface area (Å²) in [5, 5.41) is 4.03. The lowest BCUT2D eigenvalue weighted by Crippen LogP contribution is -2.10. The largest absolute Gasteiger partial charge is 0.437 e. The minimum absolute atomic E-state index is 0.0735. The lowest BCUT2D eigenvalue weighted by molar-refractivity contribution is 0.651. The van der Waals surface area contributed by atoms with Gasteiger partial charge in [0.25, 0.3) is 0 Å². The molecule has 3 rings (SSSR count). The van der Waals surface area contributed by atoms with Crippen LogP contribution in [-0.4, -0.2) is 11.5 Å². The summed E-state index contributed by atoms with van der Waals surface area (Å²) in [4.78, 5) is 4.10. The molecule has 20 heavy (non-hydrogen) atoms. The number of aryl methyl sites for hydroxylation is 1. The predicted molar refractivity (Wildman–Crippen MR) is 83.5 cm³/mol. The van der Waals surface area contributed by atoms with E-state index in [1.807, 2.05) is 0 Å². The highest BCUT2D eigenvalue weighted by molar-refractivity contribution is 6.06. The molecule has 2 aromatic heterocycles. The Hall–Kier alpha value is -2.55. The Balaban J connectivity index is 2.14. The summed E-state index contributed by atoms with van der Waals surface area (Å²) in [6, 6.07) is 8.03. The van der Waals surface area contributed by atoms with Crippen LogP contribution < -0.4 is 5.32 Å². The summed E-state index contributed by atoms with van der Waals surface area (Å²) >= 11 is 0. The molecule has 0 aliphatic carbocycles. The van der Waals surface area contributed by atoms with E-state index < -0.39 is 13.4 Å². The van der Waals surface area contributed by atoms with Crippen LogP contribution in [0.15, 0.2) is 53.9 Å². The number of hydrogen-bond acceptors (Lipinski definition) is 3. The highest BCUT2D eigenvalue weighted by atomic mass is 16.3. The van der Waals surface area contributed by atoms with Gasteiger partial charge < -0.3 is 9.73 Å². The van der Waals surface area contributed by atoms with Crippen LogP contribution >= 0.6 is 0 Å². The summed E-state index contributed by atoms with van der Waals surface area (Å²) in [5.74, 6) is 0. The molecule has 100 valence electrons. The molecule has 0 spiro atoms. The molecule has 1 unspecified atom stereocenters. The van der Waals surface area contributed by atoms with Gasteiger partial charge in [-0.1, -0.05) is 24.7 Å². The molecule has 1 N–H and O–H groups in total. The Morgan fingerprint density at radius 3 is 3.40 bits per heavy atom. The molecule has 0 bridgehead atoms. The summed E-state index contributed by atoms with van der Waals surface area (Å²) in [5.41, 5.74) is 1.20. The third kappa shape index (κ3) is 1.97. The van der Waals surface area contributed by atoms with E-state index in [0.717, 1.165) is 13.1 Å². The van der Waals surface area contributed by atoms with Gasteiger partial charge in [0.1, 0.15) is 5.58 Å². The van der Waals surface area contributed by atoms with Gasteiger partial charge in [-0.3, -0.25) is 0 Å². The smallest absolute Gasteiger partial charge is 0.227 e. The Morgan fingerprint density at radius 2 is 2.55 bits per heavy atom. The molecule has 0 amide bonds. The van der Waals surface area contributed by atoms with Gasteiger partial charge in [-0.25, -0.2) is 4.98 Å². The van der Waals surface area contributed by atoms with Crippen molar-refractivity contribution in [2.45, 2.75) is 6.85 Å². The molecule has 0 aliphatic rings. The molecule has 0 saturated heterocycles. The molecule has 3 aromatic rings. The number of para-hydroxylation sites is 1. The number of pyridine rings is 1. The summed E-state index contributed by atoms with van der Waals surface area (Å²) in [6.07, 6.45) is 0. The van der Waals surface area contributed by atoms with E-state index in [2.05, 4.69) is 10.3 Å². The first-order chi connectivity index (χ1) is 12.8. The zero-order valence-electron chi connectivity index (χ0n) is 17.5. The van der Waals surface area contributed by atoms with Crippen molar-refractivity contribution in [2.24, 2.45) is 0 Å². The fraction of sp³-hybridized carbons (Fsp3) is 0.118. The maximum absolute atomic E-state index is 7.86. The SMILES string of the molecule is [2H]C=C(NC([2H])C([2H])=C[2H])c1cccc2c1oc1nc(C([2H])([2H])[2H])ccc12. The van der Waals surface area contributed by atoms with Crippen molar-refractivity contribution in [2.75, 3.05) is 6.52 Å². The van der Waals surface area contributed by atoms with E-state index in [1.54, 1.807) is 24.3 Å². The van der Waals surface area contributed by atoms with Crippen molar-refractivity contribution in [1.82, 2.24) is 10.3 Å². The molecule has 0 saturated carbocycles. The number of furan rings is 1. The van der Waals surface area contributed by atoms with Crippen molar-refractivity contribution in [1.29, 1.82) is 0 Å². The van der Waals surface area contributed by atoms with Crippen LogP contribution in [0.4, 0.5) is 0 Å². The van der Waals surface area contributed by atoms with Crippen molar-refractivity contribution in [3.8, 4) is 0 Å². The second kappa shape index (κ2) is 4.85. The second-order valence-corrected chi connectivity index (χ2v) is 4.20. The molecule has 1 atom stereocenters. The fourth-order valence-electron chi connectivity index (χ4n) is 2.09. The fourth-order valence-corrected chi connectivity index (χ4v) is 2.09. The Morgan fingerprint density at radius 1 is 1.55 bits per heavy atom. The maximum Gasteiger partial charge on any atom is 0.227 e. The topological polar surface area (TPSA) is 38.1 Å². The average Bonchev–Trinajstić information content (AvgIpc) is 3.02. The first kappa shape index (κ1) is 6.75. The van der Waals surface area contributed by atoms with Gasteiger partial charge >= 0.3 is 0 Å². The quantitative estimate of drug-likeness (QED) is 0.728. The number of benzene rings is 1. The number of aromatic nitrogens is 1. The van der Waals surface area contributed by atoms with E-state index in [0.29, 0.717) is 21.9 Å². The Labute approximate surface area is 127 Å². The van der Waals surface area contributed by atoms with Crippen LogP contribution in [0.3, 0.4) is 0 Å². The Kier molecular flexibility index (Phi) is 1.64. The summed E-state index contributed by atoms with van der Waals surface area (Å²) < 4.78 is 58.4. The third-order valence-electron chi connectivity index (χ3n) is 2.97. The molecule has 3 nitrogen and oxygen atoms in total.